The number of hydrogen-bond donors (Lipinski definition) is 1. The van der Waals surface area contributed by atoms with E-state index in [-0.39, 0.29) is 5.91 Å². The fraction of sp³-hybridized carbons (Fsp3) is 0.0833. The van der Waals surface area contributed by atoms with Crippen LogP contribution in [0, 0.1) is 0 Å². The molecule has 0 saturated heterocycles. The van der Waals surface area contributed by atoms with Crippen LogP contribution in [-0.4, -0.2) is 20.9 Å². The molecule has 29 heavy (non-hydrogen) atoms. The first-order chi connectivity index (χ1) is 14.3. The van der Waals surface area contributed by atoms with Crippen molar-refractivity contribution in [1.82, 2.24) is 15.0 Å². The summed E-state index contributed by atoms with van der Waals surface area (Å²) in [5, 5.41) is 2.87. The molecule has 0 aliphatic heterocycles. The summed E-state index contributed by atoms with van der Waals surface area (Å²) in [6.45, 7) is 0. The monoisotopic (exact) mass is 378 g/mol. The fourth-order valence-corrected chi connectivity index (χ4v) is 3.75. The van der Waals surface area contributed by atoms with Gasteiger partial charge in [-0.05, 0) is 46.4 Å². The lowest BCUT2D eigenvalue weighted by atomic mass is 10.0. The maximum Gasteiger partial charge on any atom is 0.229 e. The number of amides is 1. The molecule has 2 aromatic heterocycles. The van der Waals surface area contributed by atoms with E-state index in [9.17, 15) is 4.79 Å². The van der Waals surface area contributed by atoms with E-state index in [1.165, 1.54) is 22.3 Å². The maximum absolute atomic E-state index is 12.5. The lowest BCUT2D eigenvalue weighted by Gasteiger charge is -2.07. The average molecular weight is 378 g/mol. The molecular weight excluding hydrogens is 360 g/mol. The van der Waals surface area contributed by atoms with Crippen LogP contribution in [0.15, 0.2) is 79.4 Å². The van der Waals surface area contributed by atoms with Crippen molar-refractivity contribution in [3.05, 3.63) is 96.1 Å². The first-order valence-corrected chi connectivity index (χ1v) is 9.49. The summed E-state index contributed by atoms with van der Waals surface area (Å²) in [6.07, 6.45) is 7.88. The van der Waals surface area contributed by atoms with Crippen LogP contribution in [0.4, 0.5) is 5.82 Å². The predicted molar refractivity (Wildman–Crippen MR) is 112 cm³/mol. The first kappa shape index (κ1) is 17.3. The highest BCUT2D eigenvalue weighted by Gasteiger charge is 2.18. The zero-order chi connectivity index (χ0) is 19.6. The molecule has 0 unspecified atom stereocenters. The minimum atomic E-state index is -0.0831. The number of nitrogens with one attached hydrogen (secondary N) is 1. The lowest BCUT2D eigenvalue weighted by molar-refractivity contribution is -0.115. The van der Waals surface area contributed by atoms with E-state index in [2.05, 4.69) is 56.7 Å². The number of aromatic nitrogens is 3. The zero-order valence-electron chi connectivity index (χ0n) is 15.7. The van der Waals surface area contributed by atoms with Crippen molar-refractivity contribution in [2.75, 3.05) is 5.32 Å². The molecule has 0 spiro atoms. The minimum absolute atomic E-state index is 0.0831. The van der Waals surface area contributed by atoms with E-state index in [4.69, 9.17) is 0 Å². The number of carbonyl (C=O) groups is 1. The number of benzene rings is 2. The Kier molecular flexibility index (Phi) is 4.33. The highest BCUT2D eigenvalue weighted by atomic mass is 16.1. The summed E-state index contributed by atoms with van der Waals surface area (Å²) in [4.78, 5) is 25.1. The fourth-order valence-electron chi connectivity index (χ4n) is 3.75. The molecule has 1 amide bonds. The first-order valence-electron chi connectivity index (χ1n) is 9.49. The van der Waals surface area contributed by atoms with Gasteiger partial charge in [0.05, 0.1) is 18.3 Å². The maximum atomic E-state index is 12.5. The van der Waals surface area contributed by atoms with Crippen molar-refractivity contribution >= 4 is 11.7 Å². The molecule has 0 radical (unpaired) electrons. The molecule has 140 valence electrons. The number of fused-ring (bicyclic) bond motifs is 3. The van der Waals surface area contributed by atoms with Crippen LogP contribution in [-0.2, 0) is 17.6 Å². The predicted octanol–water partition coefficient (Wildman–Crippen LogP) is 4.29. The smallest absolute Gasteiger partial charge is 0.229 e. The van der Waals surface area contributed by atoms with Crippen LogP contribution in [0.25, 0.3) is 22.4 Å². The SMILES string of the molecule is O=C(Cc1ccc2c(c1)Cc1ccccc1-2)Nc1ccc(-c2cnccn2)cn1. The van der Waals surface area contributed by atoms with Gasteiger partial charge in [-0.1, -0.05) is 42.5 Å². The van der Waals surface area contributed by atoms with Crippen LogP contribution >= 0.6 is 0 Å². The quantitative estimate of drug-likeness (QED) is 0.507. The van der Waals surface area contributed by atoms with E-state index >= 15 is 0 Å². The third-order valence-electron chi connectivity index (χ3n) is 5.11. The highest BCUT2D eigenvalue weighted by molar-refractivity contribution is 5.91. The Morgan fingerprint density at radius 1 is 0.897 bits per heavy atom. The molecule has 2 aromatic carbocycles. The Balaban J connectivity index is 1.26. The van der Waals surface area contributed by atoms with Crippen molar-refractivity contribution in [3.63, 3.8) is 0 Å². The molecular formula is C24H18N4O. The second-order valence-electron chi connectivity index (χ2n) is 7.07. The van der Waals surface area contributed by atoms with Crippen molar-refractivity contribution in [1.29, 1.82) is 0 Å². The van der Waals surface area contributed by atoms with Crippen LogP contribution in [0.2, 0.25) is 0 Å². The van der Waals surface area contributed by atoms with Crippen molar-refractivity contribution in [2.45, 2.75) is 12.8 Å². The van der Waals surface area contributed by atoms with Gasteiger partial charge in [0.2, 0.25) is 5.91 Å². The Labute approximate surface area is 168 Å². The summed E-state index contributed by atoms with van der Waals surface area (Å²) in [5.41, 5.74) is 7.80. The standard InChI is InChI=1S/C24H18N4O/c29-24(28-23-8-6-18(14-27-23)22-15-25-9-10-26-22)12-16-5-7-21-19(11-16)13-17-3-1-2-4-20(17)21/h1-11,14-15H,12-13H2,(H,27,28,29). The molecule has 0 atom stereocenters. The second kappa shape index (κ2) is 7.28. The van der Waals surface area contributed by atoms with Gasteiger partial charge in [-0.2, -0.15) is 0 Å². The van der Waals surface area contributed by atoms with E-state index in [1.807, 2.05) is 12.1 Å². The summed E-state index contributed by atoms with van der Waals surface area (Å²) in [7, 11) is 0. The van der Waals surface area contributed by atoms with Gasteiger partial charge < -0.3 is 5.32 Å². The largest absolute Gasteiger partial charge is 0.310 e. The molecule has 4 aromatic rings. The molecule has 1 aliphatic rings. The van der Waals surface area contributed by atoms with Gasteiger partial charge in [0.15, 0.2) is 0 Å². The van der Waals surface area contributed by atoms with Crippen LogP contribution in [0.3, 0.4) is 0 Å². The second-order valence-corrected chi connectivity index (χ2v) is 7.07. The van der Waals surface area contributed by atoms with Gasteiger partial charge >= 0.3 is 0 Å². The molecule has 5 rings (SSSR count). The van der Waals surface area contributed by atoms with Crippen LogP contribution in [0.5, 0.6) is 0 Å². The van der Waals surface area contributed by atoms with Crippen LogP contribution in [0.1, 0.15) is 16.7 Å². The number of hydrogen-bond acceptors (Lipinski definition) is 4. The van der Waals surface area contributed by atoms with Gasteiger partial charge in [0.25, 0.3) is 0 Å². The van der Waals surface area contributed by atoms with Crippen molar-refractivity contribution < 1.29 is 4.79 Å². The molecule has 2 heterocycles. The number of nitrogens with zero attached hydrogens (tertiary/aromatic N) is 3. The third kappa shape index (κ3) is 3.50. The molecule has 0 saturated carbocycles. The summed E-state index contributed by atoms with van der Waals surface area (Å²) < 4.78 is 0. The van der Waals surface area contributed by atoms with Crippen LogP contribution < -0.4 is 5.32 Å². The van der Waals surface area contributed by atoms with Gasteiger partial charge in [-0.15, -0.1) is 0 Å². The summed E-state index contributed by atoms with van der Waals surface area (Å²) >= 11 is 0. The highest BCUT2D eigenvalue weighted by Crippen LogP contribution is 2.36. The Morgan fingerprint density at radius 3 is 2.62 bits per heavy atom. The Hall–Kier alpha value is -3.86. The van der Waals surface area contributed by atoms with E-state index in [0.717, 1.165) is 23.2 Å². The Morgan fingerprint density at radius 2 is 1.79 bits per heavy atom. The molecule has 5 heteroatoms. The van der Waals surface area contributed by atoms with Gasteiger partial charge in [0, 0.05) is 24.2 Å². The molecule has 0 fully saturated rings. The van der Waals surface area contributed by atoms with E-state index < -0.39 is 0 Å². The molecule has 1 N–H and O–H groups in total. The Bertz CT molecular complexity index is 1190. The normalized spacial score (nSPS) is 11.6. The van der Waals surface area contributed by atoms with Crippen molar-refractivity contribution in [2.24, 2.45) is 0 Å². The molecule has 1 aliphatic carbocycles. The lowest BCUT2D eigenvalue weighted by Crippen LogP contribution is -2.15. The van der Waals surface area contributed by atoms with E-state index in [0.29, 0.717) is 12.2 Å². The number of pyridine rings is 1. The number of rotatable bonds is 4. The molecule has 0 bridgehead atoms. The minimum Gasteiger partial charge on any atom is -0.310 e. The summed E-state index contributed by atoms with van der Waals surface area (Å²) in [6, 6.07) is 18.4. The number of anilines is 1. The topological polar surface area (TPSA) is 67.8 Å². The van der Waals surface area contributed by atoms with Gasteiger partial charge in [-0.25, -0.2) is 4.98 Å². The number of carbonyl (C=O) groups excluding carboxylic acids is 1. The van der Waals surface area contributed by atoms with Gasteiger partial charge in [-0.3, -0.25) is 14.8 Å². The zero-order valence-corrected chi connectivity index (χ0v) is 15.7. The average Bonchev–Trinajstić information content (AvgIpc) is 3.12. The van der Waals surface area contributed by atoms with E-state index in [1.54, 1.807) is 30.9 Å². The molecule has 5 nitrogen and oxygen atoms in total. The van der Waals surface area contributed by atoms with Gasteiger partial charge in [0.1, 0.15) is 5.82 Å². The summed E-state index contributed by atoms with van der Waals surface area (Å²) in [5.74, 6) is 0.441. The third-order valence-corrected chi connectivity index (χ3v) is 5.11. The van der Waals surface area contributed by atoms with Crippen molar-refractivity contribution in [3.8, 4) is 22.4 Å².